The molecule has 0 amide bonds. The van der Waals surface area contributed by atoms with Crippen LogP contribution in [0.4, 0.5) is 5.69 Å². The van der Waals surface area contributed by atoms with Crippen molar-refractivity contribution in [1.82, 2.24) is 9.55 Å². The first-order valence-electron chi connectivity index (χ1n) is 7.54. The normalized spacial score (nSPS) is 23.0. The highest BCUT2D eigenvalue weighted by Crippen LogP contribution is 2.24. The van der Waals surface area contributed by atoms with Crippen LogP contribution in [0.15, 0.2) is 23.0 Å². The Balaban J connectivity index is 2.32. The molecule has 1 aliphatic rings. The molecule has 108 valence electrons. The zero-order chi connectivity index (χ0) is 16.9. The maximum Gasteiger partial charge on any atom is 0.264 e. The first-order chi connectivity index (χ1) is 10.7. The number of nitrogens with two attached hydrogens (primary N) is 1. The molecule has 3 rings (SSSR count). The number of aryl methyl sites for hydroxylation is 1. The molecule has 1 aromatic heterocycles. The molecule has 1 saturated carbocycles. The molecular formula is C15H15N3O3. The van der Waals surface area contributed by atoms with Crippen LogP contribution in [0.2, 0.25) is 0 Å². The number of fused-ring (bicyclic) bond motifs is 1. The highest BCUT2D eigenvalue weighted by Gasteiger charge is 2.30. The largest absolute Gasteiger partial charge is 0.398 e. The van der Waals surface area contributed by atoms with Crippen LogP contribution in [0.5, 0.6) is 0 Å². The molecule has 0 saturated heterocycles. The third-order valence-corrected chi connectivity index (χ3v) is 3.57. The molecule has 2 aromatic rings. The molecule has 2 N–H and O–H groups in total. The van der Waals surface area contributed by atoms with Crippen molar-refractivity contribution in [3.05, 3.63) is 34.4 Å². The highest BCUT2D eigenvalue weighted by atomic mass is 16.2. The summed E-state index contributed by atoms with van der Waals surface area (Å²) in [6.07, 6.45) is -2.92. The summed E-state index contributed by atoms with van der Waals surface area (Å²) in [5.41, 5.74) is 5.88. The second-order valence-electron chi connectivity index (χ2n) is 5.04. The summed E-state index contributed by atoms with van der Waals surface area (Å²) in [6.45, 7) is 1.53. The van der Waals surface area contributed by atoms with E-state index in [0.29, 0.717) is 5.52 Å². The Kier molecular flexibility index (Phi) is 2.56. The average molecular weight is 287 g/mol. The molecule has 1 aliphatic carbocycles. The van der Waals surface area contributed by atoms with Crippen molar-refractivity contribution in [2.45, 2.75) is 32.2 Å². The minimum absolute atomic E-state index is 0.151. The van der Waals surface area contributed by atoms with Gasteiger partial charge >= 0.3 is 0 Å². The number of nitrogens with zero attached hydrogens (tertiary/aromatic N) is 2. The Hall–Kier alpha value is -2.50. The molecule has 1 heterocycles. The van der Waals surface area contributed by atoms with Gasteiger partial charge < -0.3 is 5.73 Å². The maximum absolute atomic E-state index is 12.8. The van der Waals surface area contributed by atoms with Gasteiger partial charge in [-0.05, 0) is 25.4 Å². The van der Waals surface area contributed by atoms with E-state index in [-0.39, 0.29) is 23.3 Å². The Morgan fingerprint density at radius 3 is 2.86 bits per heavy atom. The molecule has 1 unspecified atom stereocenters. The third-order valence-electron chi connectivity index (χ3n) is 3.57. The number of rotatable bonds is 1. The van der Waals surface area contributed by atoms with Crippen LogP contribution in [0.1, 0.15) is 33.8 Å². The second kappa shape index (κ2) is 4.80. The Labute approximate surface area is 123 Å². The Morgan fingerprint density at radius 2 is 2.14 bits per heavy atom. The van der Waals surface area contributed by atoms with Gasteiger partial charge in [0, 0.05) is 14.8 Å². The van der Waals surface area contributed by atoms with Crippen molar-refractivity contribution in [2.24, 2.45) is 0 Å². The summed E-state index contributed by atoms with van der Waals surface area (Å²) in [5.74, 6) is -0.869. The summed E-state index contributed by atoms with van der Waals surface area (Å²) in [5, 5.41) is 0.151. The average Bonchev–Trinajstić information content (AvgIpc) is 2.40. The van der Waals surface area contributed by atoms with E-state index >= 15 is 0 Å². The molecule has 21 heavy (non-hydrogen) atoms. The summed E-state index contributed by atoms with van der Waals surface area (Å²) in [6, 6.07) is 3.47. The van der Waals surface area contributed by atoms with Gasteiger partial charge in [-0.1, -0.05) is 6.07 Å². The van der Waals surface area contributed by atoms with E-state index in [4.69, 9.17) is 8.48 Å². The van der Waals surface area contributed by atoms with Crippen LogP contribution in [-0.2, 0) is 9.59 Å². The first-order valence-corrected chi connectivity index (χ1v) is 6.54. The van der Waals surface area contributed by atoms with Gasteiger partial charge in [0.05, 0.1) is 23.4 Å². The van der Waals surface area contributed by atoms with Crippen molar-refractivity contribution in [1.29, 1.82) is 0 Å². The van der Waals surface area contributed by atoms with Crippen LogP contribution in [-0.4, -0.2) is 21.1 Å². The minimum Gasteiger partial charge on any atom is -0.398 e. The number of benzene rings is 1. The van der Waals surface area contributed by atoms with Gasteiger partial charge in [0.25, 0.3) is 5.56 Å². The molecule has 0 aliphatic heterocycles. The van der Waals surface area contributed by atoms with Crippen molar-refractivity contribution in [3.63, 3.8) is 0 Å². The van der Waals surface area contributed by atoms with E-state index in [1.807, 2.05) is 0 Å². The van der Waals surface area contributed by atoms with Crippen LogP contribution in [0.3, 0.4) is 0 Å². The van der Waals surface area contributed by atoms with E-state index in [0.717, 1.165) is 4.57 Å². The van der Waals surface area contributed by atoms with Crippen molar-refractivity contribution >= 4 is 28.2 Å². The molecule has 1 atom stereocenters. The Bertz CT molecular complexity index is 905. The fraction of sp³-hybridized carbons (Fsp3) is 0.333. The zero-order valence-corrected chi connectivity index (χ0v) is 11.4. The molecular weight excluding hydrogens is 270 g/mol. The van der Waals surface area contributed by atoms with Gasteiger partial charge in [0.15, 0.2) is 5.78 Å². The fourth-order valence-corrected chi connectivity index (χ4v) is 2.60. The van der Waals surface area contributed by atoms with Gasteiger partial charge in [0.2, 0.25) is 0 Å². The van der Waals surface area contributed by atoms with Gasteiger partial charge in [-0.25, -0.2) is 4.98 Å². The van der Waals surface area contributed by atoms with Crippen LogP contribution in [0.25, 0.3) is 10.9 Å². The van der Waals surface area contributed by atoms with E-state index in [2.05, 4.69) is 4.98 Å². The van der Waals surface area contributed by atoms with Gasteiger partial charge in [0.1, 0.15) is 11.6 Å². The fourth-order valence-electron chi connectivity index (χ4n) is 2.60. The number of aromatic nitrogens is 2. The molecule has 0 spiro atoms. The van der Waals surface area contributed by atoms with Crippen LogP contribution < -0.4 is 11.3 Å². The number of carbonyl (C=O) groups excluding carboxylic acids is 2. The second-order valence-corrected chi connectivity index (χ2v) is 5.04. The summed E-state index contributed by atoms with van der Waals surface area (Å²) < 4.78 is 17.1. The van der Waals surface area contributed by atoms with E-state index in [9.17, 15) is 14.4 Å². The van der Waals surface area contributed by atoms with E-state index < -0.39 is 36.0 Å². The zero-order valence-electron chi connectivity index (χ0n) is 13.4. The van der Waals surface area contributed by atoms with Crippen molar-refractivity contribution in [3.8, 4) is 0 Å². The molecule has 1 aromatic carbocycles. The van der Waals surface area contributed by atoms with Gasteiger partial charge in [-0.15, -0.1) is 0 Å². The number of hydrogen-bond donors (Lipinski definition) is 1. The summed E-state index contributed by atoms with van der Waals surface area (Å²) in [4.78, 5) is 40.9. The van der Waals surface area contributed by atoms with E-state index in [1.165, 1.54) is 6.92 Å². The summed E-state index contributed by atoms with van der Waals surface area (Å²) in [7, 11) is 0. The lowest BCUT2D eigenvalue weighted by Gasteiger charge is -2.24. The monoisotopic (exact) mass is 287 g/mol. The predicted octanol–water partition coefficient (Wildman–Crippen LogP) is 1.15. The molecule has 6 heteroatoms. The maximum atomic E-state index is 12.8. The highest BCUT2D eigenvalue weighted by molar-refractivity contribution is 6.03. The number of carbonyl (C=O) groups is 2. The quantitative estimate of drug-likeness (QED) is 0.627. The molecule has 1 fully saturated rings. The third kappa shape index (κ3) is 2.12. The van der Waals surface area contributed by atoms with Gasteiger partial charge in [-0.3, -0.25) is 19.0 Å². The SMILES string of the molecule is [2H]C1([2H])CC(=O)CC(=O)C1n1c(C)nc2cccc(N)c2c1=O. The molecule has 0 radical (unpaired) electrons. The Morgan fingerprint density at radius 1 is 1.38 bits per heavy atom. The number of Topliss-reactive ketones (excluding diaryl/α,β-unsaturated/α-hetero) is 2. The smallest absolute Gasteiger partial charge is 0.264 e. The van der Waals surface area contributed by atoms with Crippen molar-refractivity contribution < 1.29 is 12.3 Å². The standard InChI is InChI=1S/C15H15N3O3/c1-8-17-11-4-2-3-10(16)14(11)15(21)18(8)12-6-5-9(19)7-13(12)20/h2-4,12H,5-7,16H2,1H3/i6D2. The van der Waals surface area contributed by atoms with E-state index in [1.54, 1.807) is 18.2 Å². The minimum atomic E-state index is -2.14. The van der Waals surface area contributed by atoms with Crippen LogP contribution in [0, 0.1) is 6.92 Å². The molecule has 0 bridgehead atoms. The topological polar surface area (TPSA) is 95.1 Å². The van der Waals surface area contributed by atoms with Gasteiger partial charge in [-0.2, -0.15) is 0 Å². The number of hydrogen-bond acceptors (Lipinski definition) is 5. The number of anilines is 1. The summed E-state index contributed by atoms with van der Waals surface area (Å²) >= 11 is 0. The lowest BCUT2D eigenvalue weighted by Crippen LogP contribution is -2.36. The predicted molar refractivity (Wildman–Crippen MR) is 78.1 cm³/mol. The number of nitrogen functional groups attached to an aromatic ring is 1. The number of ketones is 2. The lowest BCUT2D eigenvalue weighted by atomic mass is 9.92. The van der Waals surface area contributed by atoms with Crippen LogP contribution >= 0.6 is 0 Å². The lowest BCUT2D eigenvalue weighted by molar-refractivity contribution is -0.132. The molecule has 6 nitrogen and oxygen atoms in total. The first kappa shape index (κ1) is 11.2. The van der Waals surface area contributed by atoms with Crippen molar-refractivity contribution in [2.75, 3.05) is 5.73 Å².